The molecule has 0 amide bonds. The molecule has 2 N–H and O–H groups in total. The molecular weight excluding hydrogens is 198 g/mol. The summed E-state index contributed by atoms with van der Waals surface area (Å²) in [6.45, 7) is 0. The van der Waals surface area contributed by atoms with Crippen LogP contribution in [0, 0.1) is 0 Å². The van der Waals surface area contributed by atoms with Gasteiger partial charge in [-0.15, -0.1) is 0 Å². The number of rotatable bonds is 4. The molecule has 78 valence electrons. The van der Waals surface area contributed by atoms with Gasteiger partial charge < -0.3 is 15.2 Å². The third-order valence-electron chi connectivity index (χ3n) is 2.04. The lowest BCUT2D eigenvalue weighted by molar-refractivity contribution is 0.389. The summed E-state index contributed by atoms with van der Waals surface area (Å²) in [4.78, 5) is 0. The minimum Gasteiger partial charge on any atom is -0.497 e. The van der Waals surface area contributed by atoms with Gasteiger partial charge in [0, 0.05) is 23.4 Å². The van der Waals surface area contributed by atoms with Gasteiger partial charge in [0.15, 0.2) is 0 Å². The minimum absolute atomic E-state index is 0.112. The molecule has 3 nitrogen and oxygen atoms in total. The molecule has 1 aromatic carbocycles. The molecule has 0 aromatic heterocycles. The van der Waals surface area contributed by atoms with Crippen LogP contribution < -0.4 is 15.2 Å². The van der Waals surface area contributed by atoms with Gasteiger partial charge >= 0.3 is 0 Å². The number of hydrogen-bond donors (Lipinski definition) is 2. The highest BCUT2D eigenvalue weighted by Crippen LogP contribution is 2.28. The first-order valence-corrected chi connectivity index (χ1v) is 4.94. The summed E-state index contributed by atoms with van der Waals surface area (Å²) in [5, 5.41) is 0. The van der Waals surface area contributed by atoms with E-state index in [0.717, 1.165) is 17.1 Å². The first kappa shape index (κ1) is 11.2. The molecule has 14 heavy (non-hydrogen) atoms. The average Bonchev–Trinajstić information content (AvgIpc) is 2.27. The van der Waals surface area contributed by atoms with Crippen molar-refractivity contribution >= 4 is 12.6 Å². The quantitative estimate of drug-likeness (QED) is 0.747. The Labute approximate surface area is 89.6 Å². The smallest absolute Gasteiger partial charge is 0.127 e. The summed E-state index contributed by atoms with van der Waals surface area (Å²) in [7, 11) is 3.23. The predicted octanol–water partition coefficient (Wildman–Crippen LogP) is 1.63. The Bertz CT molecular complexity index is 304. The molecule has 0 heterocycles. The fraction of sp³-hybridized carbons (Fsp3) is 0.400. The van der Waals surface area contributed by atoms with Crippen LogP contribution in [-0.4, -0.2) is 20.0 Å². The number of nitrogens with two attached hydrogens (primary N) is 1. The number of methoxy groups -OCH3 is 2. The van der Waals surface area contributed by atoms with Gasteiger partial charge in [0.05, 0.1) is 14.2 Å². The molecule has 1 atom stereocenters. The summed E-state index contributed by atoms with van der Waals surface area (Å²) in [6.07, 6.45) is 0. The standard InChI is InChI=1S/C10H15NO2S/c1-12-7-3-4-8(9(11)6-14)10(5-7)13-2/h3-5,9,14H,6,11H2,1-2H3. The second kappa shape index (κ2) is 5.12. The van der Waals surface area contributed by atoms with Crippen molar-refractivity contribution in [3.63, 3.8) is 0 Å². The van der Waals surface area contributed by atoms with Crippen LogP contribution >= 0.6 is 12.6 Å². The van der Waals surface area contributed by atoms with E-state index in [0.29, 0.717) is 5.75 Å². The van der Waals surface area contributed by atoms with Gasteiger partial charge in [0.1, 0.15) is 11.5 Å². The van der Waals surface area contributed by atoms with Gasteiger partial charge in [-0.3, -0.25) is 0 Å². The van der Waals surface area contributed by atoms with Crippen LogP contribution in [0.4, 0.5) is 0 Å². The topological polar surface area (TPSA) is 44.5 Å². The van der Waals surface area contributed by atoms with Crippen LogP contribution in [0.5, 0.6) is 11.5 Å². The predicted molar refractivity (Wildman–Crippen MR) is 60.3 cm³/mol. The Kier molecular flexibility index (Phi) is 4.10. The van der Waals surface area contributed by atoms with Crippen molar-refractivity contribution in [1.82, 2.24) is 0 Å². The highest BCUT2D eigenvalue weighted by molar-refractivity contribution is 7.80. The Morgan fingerprint density at radius 3 is 2.57 bits per heavy atom. The van der Waals surface area contributed by atoms with E-state index in [9.17, 15) is 0 Å². The summed E-state index contributed by atoms with van der Waals surface area (Å²) >= 11 is 4.15. The normalized spacial score (nSPS) is 12.3. The zero-order valence-corrected chi connectivity index (χ0v) is 9.25. The maximum absolute atomic E-state index is 5.86. The highest BCUT2D eigenvalue weighted by Gasteiger charge is 2.10. The molecule has 1 rings (SSSR count). The molecule has 0 saturated carbocycles. The zero-order valence-electron chi connectivity index (χ0n) is 8.36. The van der Waals surface area contributed by atoms with E-state index in [2.05, 4.69) is 12.6 Å². The van der Waals surface area contributed by atoms with E-state index in [1.807, 2.05) is 18.2 Å². The van der Waals surface area contributed by atoms with E-state index in [-0.39, 0.29) is 6.04 Å². The maximum Gasteiger partial charge on any atom is 0.127 e. The molecule has 0 spiro atoms. The van der Waals surface area contributed by atoms with Crippen molar-refractivity contribution in [3.8, 4) is 11.5 Å². The first-order valence-electron chi connectivity index (χ1n) is 4.31. The summed E-state index contributed by atoms with van der Waals surface area (Å²) < 4.78 is 10.3. The number of thiol groups is 1. The zero-order chi connectivity index (χ0) is 10.6. The summed E-state index contributed by atoms with van der Waals surface area (Å²) in [6, 6.07) is 5.47. The average molecular weight is 213 g/mol. The van der Waals surface area contributed by atoms with E-state index in [1.165, 1.54) is 0 Å². The van der Waals surface area contributed by atoms with E-state index in [1.54, 1.807) is 14.2 Å². The molecule has 1 aromatic rings. The van der Waals surface area contributed by atoms with Gasteiger partial charge in [0.25, 0.3) is 0 Å². The van der Waals surface area contributed by atoms with E-state index in [4.69, 9.17) is 15.2 Å². The largest absolute Gasteiger partial charge is 0.497 e. The Morgan fingerprint density at radius 2 is 2.07 bits per heavy atom. The minimum atomic E-state index is -0.112. The number of hydrogen-bond acceptors (Lipinski definition) is 4. The number of ether oxygens (including phenoxy) is 2. The van der Waals surface area contributed by atoms with E-state index < -0.39 is 0 Å². The maximum atomic E-state index is 5.86. The van der Waals surface area contributed by atoms with Crippen LogP contribution in [-0.2, 0) is 0 Å². The molecule has 0 radical (unpaired) electrons. The molecule has 4 heteroatoms. The van der Waals surface area contributed by atoms with Crippen molar-refractivity contribution < 1.29 is 9.47 Å². The fourth-order valence-corrected chi connectivity index (χ4v) is 1.42. The fourth-order valence-electron chi connectivity index (χ4n) is 1.22. The Morgan fingerprint density at radius 1 is 1.36 bits per heavy atom. The van der Waals surface area contributed by atoms with Crippen LogP contribution in [0.2, 0.25) is 0 Å². The lowest BCUT2D eigenvalue weighted by atomic mass is 10.1. The lowest BCUT2D eigenvalue weighted by Crippen LogP contribution is -2.12. The van der Waals surface area contributed by atoms with Crippen molar-refractivity contribution in [1.29, 1.82) is 0 Å². The van der Waals surface area contributed by atoms with Gasteiger partial charge in [-0.25, -0.2) is 0 Å². The monoisotopic (exact) mass is 213 g/mol. The second-order valence-corrected chi connectivity index (χ2v) is 3.26. The third kappa shape index (κ3) is 2.33. The molecule has 0 aliphatic heterocycles. The van der Waals surface area contributed by atoms with Crippen molar-refractivity contribution in [2.24, 2.45) is 5.73 Å². The van der Waals surface area contributed by atoms with Crippen molar-refractivity contribution in [2.45, 2.75) is 6.04 Å². The highest BCUT2D eigenvalue weighted by atomic mass is 32.1. The molecule has 0 aliphatic rings. The molecule has 0 bridgehead atoms. The molecule has 0 aliphatic carbocycles. The van der Waals surface area contributed by atoms with E-state index >= 15 is 0 Å². The van der Waals surface area contributed by atoms with Crippen LogP contribution in [0.1, 0.15) is 11.6 Å². The van der Waals surface area contributed by atoms with Crippen LogP contribution in [0.3, 0.4) is 0 Å². The lowest BCUT2D eigenvalue weighted by Gasteiger charge is -2.14. The summed E-state index contributed by atoms with van der Waals surface area (Å²) in [5.74, 6) is 2.09. The van der Waals surface area contributed by atoms with Crippen LogP contribution in [0.25, 0.3) is 0 Å². The Balaban J connectivity index is 3.04. The molecular formula is C10H15NO2S. The Hall–Kier alpha value is -0.870. The molecule has 0 saturated heterocycles. The third-order valence-corrected chi connectivity index (χ3v) is 2.43. The van der Waals surface area contributed by atoms with Gasteiger partial charge in [-0.05, 0) is 6.07 Å². The van der Waals surface area contributed by atoms with Crippen molar-refractivity contribution in [3.05, 3.63) is 23.8 Å². The van der Waals surface area contributed by atoms with Crippen molar-refractivity contribution in [2.75, 3.05) is 20.0 Å². The molecule has 1 unspecified atom stereocenters. The van der Waals surface area contributed by atoms with Gasteiger partial charge in [-0.1, -0.05) is 6.07 Å². The first-order chi connectivity index (χ1) is 6.72. The van der Waals surface area contributed by atoms with Gasteiger partial charge in [0.2, 0.25) is 0 Å². The SMILES string of the molecule is COc1ccc(C(N)CS)c(OC)c1. The number of benzene rings is 1. The molecule has 0 fully saturated rings. The van der Waals surface area contributed by atoms with Crippen LogP contribution in [0.15, 0.2) is 18.2 Å². The van der Waals surface area contributed by atoms with Gasteiger partial charge in [-0.2, -0.15) is 12.6 Å². The summed E-state index contributed by atoms with van der Waals surface area (Å²) in [5.41, 5.74) is 6.81. The second-order valence-electron chi connectivity index (χ2n) is 2.90.